The molecule has 0 atom stereocenters. The van der Waals surface area contributed by atoms with Crippen LogP contribution in [0.4, 0.5) is 0 Å². The molecule has 1 fully saturated rings. The third-order valence-electron chi connectivity index (χ3n) is 4.67. The molecule has 0 bridgehead atoms. The van der Waals surface area contributed by atoms with Crippen LogP contribution >= 0.6 is 0 Å². The van der Waals surface area contributed by atoms with Crippen molar-refractivity contribution in [2.45, 2.75) is 19.4 Å². The number of aromatic nitrogens is 2. The molecule has 0 N–H and O–H groups in total. The molecule has 0 unspecified atom stereocenters. The van der Waals surface area contributed by atoms with Gasteiger partial charge in [0.25, 0.3) is 5.91 Å². The number of amides is 1. The van der Waals surface area contributed by atoms with Crippen LogP contribution in [0.25, 0.3) is 11.3 Å². The Balaban J connectivity index is 1.51. The Hall–Kier alpha value is -3.21. The molecule has 1 aliphatic rings. The largest absolute Gasteiger partial charge is 0.473 e. The van der Waals surface area contributed by atoms with E-state index in [1.54, 1.807) is 18.5 Å². The molecule has 0 spiro atoms. The van der Waals surface area contributed by atoms with E-state index in [1.807, 2.05) is 53.4 Å². The Morgan fingerprint density at radius 3 is 2.52 bits per heavy atom. The topological polar surface area (TPSA) is 55.3 Å². The fourth-order valence-corrected chi connectivity index (χ4v) is 3.24. The number of pyridine rings is 2. The Labute approximate surface area is 158 Å². The van der Waals surface area contributed by atoms with Crippen molar-refractivity contribution in [1.29, 1.82) is 0 Å². The third-order valence-corrected chi connectivity index (χ3v) is 4.67. The standard InChI is InChI=1S/C22H21N3O2/c26-22(25-13-4-5-14-25)19-9-6-12-23-21(19)18-10-11-20(24-15-18)27-16-17-7-2-1-3-8-17/h1-3,6-12,15H,4-5,13-14,16H2. The smallest absolute Gasteiger partial charge is 0.256 e. The summed E-state index contributed by atoms with van der Waals surface area (Å²) in [6, 6.07) is 17.3. The van der Waals surface area contributed by atoms with Crippen molar-refractivity contribution in [3.63, 3.8) is 0 Å². The minimum atomic E-state index is 0.0417. The Morgan fingerprint density at radius 2 is 1.78 bits per heavy atom. The van der Waals surface area contributed by atoms with E-state index < -0.39 is 0 Å². The molecule has 1 saturated heterocycles. The zero-order chi connectivity index (χ0) is 18.5. The molecule has 27 heavy (non-hydrogen) atoms. The number of ether oxygens (including phenoxy) is 1. The summed E-state index contributed by atoms with van der Waals surface area (Å²) in [6.45, 7) is 2.10. The van der Waals surface area contributed by atoms with Crippen LogP contribution in [0.5, 0.6) is 5.88 Å². The van der Waals surface area contributed by atoms with Crippen LogP contribution in [0.2, 0.25) is 0 Å². The predicted octanol–water partition coefficient (Wildman–Crippen LogP) is 3.96. The highest BCUT2D eigenvalue weighted by Crippen LogP contribution is 2.24. The summed E-state index contributed by atoms with van der Waals surface area (Å²) in [5.74, 6) is 0.589. The maximum absolute atomic E-state index is 12.8. The van der Waals surface area contributed by atoms with Crippen LogP contribution in [0, 0.1) is 0 Å². The van der Waals surface area contributed by atoms with Gasteiger partial charge < -0.3 is 9.64 Å². The minimum Gasteiger partial charge on any atom is -0.473 e. The SMILES string of the molecule is O=C(c1cccnc1-c1ccc(OCc2ccccc2)nc1)N1CCCC1. The predicted molar refractivity (Wildman–Crippen MR) is 103 cm³/mol. The second-order valence-electron chi connectivity index (χ2n) is 6.56. The van der Waals surface area contributed by atoms with Gasteiger partial charge in [0.15, 0.2) is 0 Å². The monoisotopic (exact) mass is 359 g/mol. The number of hydrogen-bond acceptors (Lipinski definition) is 4. The van der Waals surface area contributed by atoms with Gasteiger partial charge in [-0.15, -0.1) is 0 Å². The molecule has 136 valence electrons. The lowest BCUT2D eigenvalue weighted by Crippen LogP contribution is -2.28. The molecule has 1 aromatic carbocycles. The van der Waals surface area contributed by atoms with Crippen molar-refractivity contribution in [1.82, 2.24) is 14.9 Å². The van der Waals surface area contributed by atoms with Crippen LogP contribution in [0.15, 0.2) is 67.0 Å². The van der Waals surface area contributed by atoms with Crippen molar-refractivity contribution in [3.8, 4) is 17.1 Å². The second kappa shape index (κ2) is 7.99. The quantitative estimate of drug-likeness (QED) is 0.692. The maximum atomic E-state index is 12.8. The molecule has 4 rings (SSSR count). The highest BCUT2D eigenvalue weighted by Gasteiger charge is 2.22. The lowest BCUT2D eigenvalue weighted by Gasteiger charge is -2.17. The van der Waals surface area contributed by atoms with Gasteiger partial charge in [-0.3, -0.25) is 9.78 Å². The summed E-state index contributed by atoms with van der Waals surface area (Å²) in [5.41, 5.74) is 3.19. The Morgan fingerprint density at radius 1 is 0.963 bits per heavy atom. The summed E-state index contributed by atoms with van der Waals surface area (Å²) in [6.07, 6.45) is 5.55. The average molecular weight is 359 g/mol. The summed E-state index contributed by atoms with van der Waals surface area (Å²) < 4.78 is 5.74. The molecule has 5 heteroatoms. The molecule has 1 amide bonds. The molecule has 0 radical (unpaired) electrons. The van der Waals surface area contributed by atoms with Crippen LogP contribution in [-0.2, 0) is 6.61 Å². The lowest BCUT2D eigenvalue weighted by molar-refractivity contribution is 0.0793. The molecule has 0 aliphatic carbocycles. The van der Waals surface area contributed by atoms with Gasteiger partial charge in [-0.1, -0.05) is 30.3 Å². The molecule has 5 nitrogen and oxygen atoms in total. The minimum absolute atomic E-state index is 0.0417. The summed E-state index contributed by atoms with van der Waals surface area (Å²) in [4.78, 5) is 23.5. The van der Waals surface area contributed by atoms with E-state index in [2.05, 4.69) is 9.97 Å². The first kappa shape index (κ1) is 17.2. The second-order valence-corrected chi connectivity index (χ2v) is 6.56. The zero-order valence-corrected chi connectivity index (χ0v) is 15.0. The van der Waals surface area contributed by atoms with Crippen LogP contribution < -0.4 is 4.74 Å². The molecule has 0 saturated carbocycles. The average Bonchev–Trinajstić information content (AvgIpc) is 3.28. The highest BCUT2D eigenvalue weighted by atomic mass is 16.5. The van der Waals surface area contributed by atoms with Crippen molar-refractivity contribution in [2.24, 2.45) is 0 Å². The van der Waals surface area contributed by atoms with Gasteiger partial charge >= 0.3 is 0 Å². The first-order valence-corrected chi connectivity index (χ1v) is 9.19. The fourth-order valence-electron chi connectivity index (χ4n) is 3.24. The van der Waals surface area contributed by atoms with E-state index in [0.29, 0.717) is 23.7 Å². The normalized spacial score (nSPS) is 13.6. The van der Waals surface area contributed by atoms with Crippen molar-refractivity contribution in [2.75, 3.05) is 13.1 Å². The van der Waals surface area contributed by atoms with Crippen molar-refractivity contribution >= 4 is 5.91 Å². The van der Waals surface area contributed by atoms with Gasteiger partial charge in [-0.2, -0.15) is 0 Å². The van der Waals surface area contributed by atoms with Crippen LogP contribution in [0.1, 0.15) is 28.8 Å². The van der Waals surface area contributed by atoms with E-state index in [1.165, 1.54) is 0 Å². The van der Waals surface area contributed by atoms with Crippen molar-refractivity contribution in [3.05, 3.63) is 78.1 Å². The number of carbonyl (C=O) groups is 1. The number of likely N-dealkylation sites (tertiary alicyclic amines) is 1. The van der Waals surface area contributed by atoms with E-state index in [9.17, 15) is 4.79 Å². The Kier molecular flexibility index (Phi) is 5.10. The van der Waals surface area contributed by atoms with Gasteiger partial charge in [-0.25, -0.2) is 4.98 Å². The van der Waals surface area contributed by atoms with E-state index in [4.69, 9.17) is 4.74 Å². The first-order valence-electron chi connectivity index (χ1n) is 9.19. The van der Waals surface area contributed by atoms with E-state index in [-0.39, 0.29) is 5.91 Å². The zero-order valence-electron chi connectivity index (χ0n) is 15.0. The summed E-state index contributed by atoms with van der Waals surface area (Å²) in [7, 11) is 0. The summed E-state index contributed by atoms with van der Waals surface area (Å²) in [5, 5.41) is 0. The highest BCUT2D eigenvalue weighted by molar-refractivity contribution is 5.99. The lowest BCUT2D eigenvalue weighted by atomic mass is 10.1. The fraction of sp³-hybridized carbons (Fsp3) is 0.227. The maximum Gasteiger partial charge on any atom is 0.256 e. The molecule has 1 aliphatic heterocycles. The van der Waals surface area contributed by atoms with Crippen molar-refractivity contribution < 1.29 is 9.53 Å². The van der Waals surface area contributed by atoms with Gasteiger partial charge in [0, 0.05) is 37.1 Å². The number of rotatable bonds is 5. The number of benzene rings is 1. The molecule has 2 aromatic heterocycles. The number of hydrogen-bond donors (Lipinski definition) is 0. The number of nitrogens with zero attached hydrogens (tertiary/aromatic N) is 3. The van der Waals surface area contributed by atoms with E-state index in [0.717, 1.165) is 37.1 Å². The van der Waals surface area contributed by atoms with E-state index >= 15 is 0 Å². The van der Waals surface area contributed by atoms with Gasteiger partial charge in [-0.05, 0) is 36.6 Å². The molecule has 3 heterocycles. The van der Waals surface area contributed by atoms with Crippen LogP contribution in [-0.4, -0.2) is 33.9 Å². The third kappa shape index (κ3) is 3.97. The van der Waals surface area contributed by atoms with Gasteiger partial charge in [0.2, 0.25) is 5.88 Å². The van der Waals surface area contributed by atoms with Gasteiger partial charge in [0.1, 0.15) is 6.61 Å². The molecular formula is C22H21N3O2. The number of carbonyl (C=O) groups excluding carboxylic acids is 1. The molecule has 3 aromatic rings. The first-order chi connectivity index (χ1) is 13.3. The van der Waals surface area contributed by atoms with Crippen LogP contribution in [0.3, 0.4) is 0 Å². The molecular weight excluding hydrogens is 338 g/mol. The van der Waals surface area contributed by atoms with Gasteiger partial charge in [0.05, 0.1) is 11.3 Å². The Bertz CT molecular complexity index is 904. The summed E-state index contributed by atoms with van der Waals surface area (Å²) >= 11 is 0.